The van der Waals surface area contributed by atoms with Gasteiger partial charge in [0, 0.05) is 25.6 Å². The van der Waals surface area contributed by atoms with Gasteiger partial charge < -0.3 is 10.6 Å². The summed E-state index contributed by atoms with van der Waals surface area (Å²) in [4.78, 5) is 13.6. The number of piperidine rings is 1. The van der Waals surface area contributed by atoms with Gasteiger partial charge in [-0.3, -0.25) is 4.79 Å². The maximum absolute atomic E-state index is 11.7. The van der Waals surface area contributed by atoms with E-state index < -0.39 is 0 Å². The molecule has 1 amide bonds. The van der Waals surface area contributed by atoms with Gasteiger partial charge in [-0.15, -0.1) is 0 Å². The molecule has 0 aliphatic carbocycles. The molecule has 0 radical (unpaired) electrons. The maximum Gasteiger partial charge on any atom is 0.224 e. The zero-order valence-corrected chi connectivity index (χ0v) is 9.55. The fourth-order valence-corrected chi connectivity index (χ4v) is 1.77. The predicted octanol–water partition coefficient (Wildman–Crippen LogP) is 1.37. The molecule has 1 rings (SSSR count). The number of hydrogen-bond donors (Lipinski definition) is 1. The second-order valence-corrected chi connectivity index (χ2v) is 5.23. The molecule has 0 aromatic carbocycles. The number of carbonyl (C=O) groups is 1. The van der Waals surface area contributed by atoms with Crippen molar-refractivity contribution in [1.29, 1.82) is 0 Å². The monoisotopic (exact) mass is 198 g/mol. The Morgan fingerprint density at radius 3 is 2.36 bits per heavy atom. The lowest BCUT2D eigenvalue weighted by molar-refractivity contribution is -0.133. The molecular formula is C11H22N2O. The van der Waals surface area contributed by atoms with E-state index in [1.807, 2.05) is 11.8 Å². The molecule has 0 spiro atoms. The lowest BCUT2D eigenvalue weighted by Crippen LogP contribution is -2.42. The third-order valence-electron chi connectivity index (χ3n) is 2.97. The van der Waals surface area contributed by atoms with Crippen LogP contribution in [0.2, 0.25) is 0 Å². The molecule has 1 aliphatic heterocycles. The minimum Gasteiger partial charge on any atom is -0.343 e. The van der Waals surface area contributed by atoms with E-state index in [4.69, 9.17) is 5.73 Å². The Bertz CT molecular complexity index is 201. The Morgan fingerprint density at radius 1 is 1.43 bits per heavy atom. The van der Waals surface area contributed by atoms with Crippen LogP contribution in [0, 0.1) is 5.41 Å². The molecule has 1 saturated heterocycles. The number of nitrogens with zero attached hydrogens (tertiary/aromatic N) is 1. The minimum absolute atomic E-state index is 0.0163. The molecule has 1 fully saturated rings. The molecule has 1 atom stereocenters. The minimum atomic E-state index is -0.0163. The van der Waals surface area contributed by atoms with Crippen LogP contribution in [-0.4, -0.2) is 29.9 Å². The summed E-state index contributed by atoms with van der Waals surface area (Å²) in [5.74, 6) is 0.218. The molecular weight excluding hydrogens is 176 g/mol. The second kappa shape index (κ2) is 4.30. The van der Waals surface area contributed by atoms with Crippen LogP contribution in [0.4, 0.5) is 0 Å². The molecule has 0 aromatic heterocycles. The number of nitrogens with two attached hydrogens (primary N) is 1. The van der Waals surface area contributed by atoms with Crippen LogP contribution in [0.25, 0.3) is 0 Å². The molecule has 1 aliphatic rings. The summed E-state index contributed by atoms with van der Waals surface area (Å²) in [7, 11) is 0. The summed E-state index contributed by atoms with van der Waals surface area (Å²) in [6.45, 7) is 8.21. The van der Waals surface area contributed by atoms with Gasteiger partial charge in [0.2, 0.25) is 5.91 Å². The molecule has 2 N–H and O–H groups in total. The summed E-state index contributed by atoms with van der Waals surface area (Å²) in [5.41, 5.74) is 6.01. The average molecular weight is 198 g/mol. The molecule has 0 bridgehead atoms. The van der Waals surface area contributed by atoms with Gasteiger partial charge in [-0.1, -0.05) is 13.8 Å². The average Bonchev–Trinajstić information content (AvgIpc) is 2.02. The Kier molecular flexibility index (Phi) is 3.53. The summed E-state index contributed by atoms with van der Waals surface area (Å²) in [5, 5.41) is 0. The van der Waals surface area contributed by atoms with Gasteiger partial charge in [0.25, 0.3) is 0 Å². The van der Waals surface area contributed by atoms with Crippen molar-refractivity contribution in [3.05, 3.63) is 0 Å². The van der Waals surface area contributed by atoms with Crippen molar-refractivity contribution in [2.45, 2.75) is 46.1 Å². The van der Waals surface area contributed by atoms with Gasteiger partial charge in [-0.05, 0) is 25.2 Å². The van der Waals surface area contributed by atoms with E-state index in [1.54, 1.807) is 0 Å². The van der Waals surface area contributed by atoms with Crippen molar-refractivity contribution >= 4 is 5.91 Å². The molecule has 82 valence electrons. The zero-order chi connectivity index (χ0) is 10.8. The van der Waals surface area contributed by atoms with Gasteiger partial charge in [-0.25, -0.2) is 0 Å². The first-order chi connectivity index (χ1) is 6.41. The third-order valence-corrected chi connectivity index (χ3v) is 2.97. The third kappa shape index (κ3) is 3.29. The van der Waals surface area contributed by atoms with Crippen LogP contribution in [0.1, 0.15) is 40.0 Å². The standard InChI is InChI=1S/C11H22N2O/c1-9(12)8-10(14)13-6-4-11(2,3)5-7-13/h9H,4-8,12H2,1-3H3. The Balaban J connectivity index is 2.38. The summed E-state index contributed by atoms with van der Waals surface area (Å²) in [6.07, 6.45) is 2.70. The maximum atomic E-state index is 11.7. The van der Waals surface area contributed by atoms with Crippen LogP contribution in [0.3, 0.4) is 0 Å². The highest BCUT2D eigenvalue weighted by Crippen LogP contribution is 2.29. The Morgan fingerprint density at radius 2 is 1.93 bits per heavy atom. The van der Waals surface area contributed by atoms with E-state index in [-0.39, 0.29) is 11.9 Å². The molecule has 3 heteroatoms. The second-order valence-electron chi connectivity index (χ2n) is 5.23. The van der Waals surface area contributed by atoms with Crippen molar-refractivity contribution in [3.63, 3.8) is 0 Å². The van der Waals surface area contributed by atoms with Crippen LogP contribution in [-0.2, 0) is 4.79 Å². The van der Waals surface area contributed by atoms with Gasteiger partial charge >= 0.3 is 0 Å². The summed E-state index contributed by atoms with van der Waals surface area (Å²) >= 11 is 0. The fraction of sp³-hybridized carbons (Fsp3) is 0.909. The van der Waals surface area contributed by atoms with E-state index in [9.17, 15) is 4.79 Å². The number of carbonyl (C=O) groups excluding carboxylic acids is 1. The van der Waals surface area contributed by atoms with Gasteiger partial charge in [0.05, 0.1) is 0 Å². The highest BCUT2D eigenvalue weighted by atomic mass is 16.2. The lowest BCUT2D eigenvalue weighted by Gasteiger charge is -2.37. The molecule has 14 heavy (non-hydrogen) atoms. The fourth-order valence-electron chi connectivity index (χ4n) is 1.77. The first kappa shape index (κ1) is 11.5. The molecule has 1 heterocycles. The van der Waals surface area contributed by atoms with Crippen molar-refractivity contribution in [1.82, 2.24) is 4.90 Å². The zero-order valence-electron chi connectivity index (χ0n) is 9.55. The normalized spacial score (nSPS) is 23.3. The van der Waals surface area contributed by atoms with Crippen molar-refractivity contribution in [3.8, 4) is 0 Å². The largest absolute Gasteiger partial charge is 0.343 e. The Labute approximate surface area is 86.6 Å². The van der Waals surface area contributed by atoms with Crippen LogP contribution < -0.4 is 5.73 Å². The Hall–Kier alpha value is -0.570. The topological polar surface area (TPSA) is 46.3 Å². The number of hydrogen-bond acceptors (Lipinski definition) is 2. The van der Waals surface area contributed by atoms with E-state index in [1.165, 1.54) is 0 Å². The number of likely N-dealkylation sites (tertiary alicyclic amines) is 1. The van der Waals surface area contributed by atoms with E-state index in [2.05, 4.69) is 13.8 Å². The highest BCUT2D eigenvalue weighted by molar-refractivity contribution is 5.76. The molecule has 0 aromatic rings. The first-order valence-corrected chi connectivity index (χ1v) is 5.44. The summed E-state index contributed by atoms with van der Waals surface area (Å²) in [6, 6.07) is -0.0163. The quantitative estimate of drug-likeness (QED) is 0.728. The van der Waals surface area contributed by atoms with Gasteiger partial charge in [0.15, 0.2) is 0 Å². The van der Waals surface area contributed by atoms with Crippen molar-refractivity contribution < 1.29 is 4.79 Å². The predicted molar refractivity (Wildman–Crippen MR) is 57.9 cm³/mol. The van der Waals surface area contributed by atoms with Crippen LogP contribution in [0.5, 0.6) is 0 Å². The highest BCUT2D eigenvalue weighted by Gasteiger charge is 2.27. The van der Waals surface area contributed by atoms with Crippen LogP contribution >= 0.6 is 0 Å². The van der Waals surface area contributed by atoms with E-state index in [0.717, 1.165) is 25.9 Å². The smallest absolute Gasteiger partial charge is 0.224 e. The molecule has 0 saturated carbocycles. The van der Waals surface area contributed by atoms with Gasteiger partial charge in [0.1, 0.15) is 0 Å². The number of rotatable bonds is 2. The van der Waals surface area contributed by atoms with Crippen molar-refractivity contribution in [2.75, 3.05) is 13.1 Å². The first-order valence-electron chi connectivity index (χ1n) is 5.44. The van der Waals surface area contributed by atoms with Gasteiger partial charge in [-0.2, -0.15) is 0 Å². The van der Waals surface area contributed by atoms with Crippen molar-refractivity contribution in [2.24, 2.45) is 11.1 Å². The van der Waals surface area contributed by atoms with Crippen LogP contribution in [0.15, 0.2) is 0 Å². The molecule has 3 nitrogen and oxygen atoms in total. The summed E-state index contributed by atoms with van der Waals surface area (Å²) < 4.78 is 0. The molecule has 1 unspecified atom stereocenters. The van der Waals surface area contributed by atoms with E-state index in [0.29, 0.717) is 11.8 Å². The number of amides is 1. The SMILES string of the molecule is CC(N)CC(=O)N1CCC(C)(C)CC1. The van der Waals surface area contributed by atoms with E-state index >= 15 is 0 Å². The lowest BCUT2D eigenvalue weighted by atomic mass is 9.82.